The average molecular weight is 279 g/mol. The molecule has 1 aromatic carbocycles. The number of aromatic carboxylic acids is 1. The third-order valence-electron chi connectivity index (χ3n) is 2.34. The summed E-state index contributed by atoms with van der Waals surface area (Å²) in [4.78, 5) is 22.9. The second kappa shape index (κ2) is 5.02. The smallest absolute Gasteiger partial charge is 0.339 e. The zero-order valence-corrected chi connectivity index (χ0v) is 10.6. The van der Waals surface area contributed by atoms with Crippen molar-refractivity contribution in [3.8, 4) is 5.75 Å². The van der Waals surface area contributed by atoms with Gasteiger partial charge in [-0.1, -0.05) is 4.49 Å². The fourth-order valence-electron chi connectivity index (χ4n) is 1.42. The molecule has 0 spiro atoms. The first-order valence-electron chi connectivity index (χ1n) is 5.15. The molecule has 0 aliphatic rings. The molecule has 7 nitrogen and oxygen atoms in total. The number of nitrogens with zero attached hydrogens (tertiary/aromatic N) is 2. The molecule has 1 aromatic heterocycles. The molecule has 0 atom stereocenters. The van der Waals surface area contributed by atoms with Crippen LogP contribution in [0.15, 0.2) is 18.2 Å². The molecule has 0 bridgehead atoms. The van der Waals surface area contributed by atoms with Gasteiger partial charge in [0.2, 0.25) is 0 Å². The van der Waals surface area contributed by atoms with Crippen LogP contribution < -0.4 is 5.32 Å². The normalized spacial score (nSPS) is 10.2. The van der Waals surface area contributed by atoms with Gasteiger partial charge in [-0.25, -0.2) is 4.79 Å². The van der Waals surface area contributed by atoms with Crippen molar-refractivity contribution >= 4 is 29.1 Å². The Hall–Kier alpha value is -2.48. The van der Waals surface area contributed by atoms with Gasteiger partial charge in [0.1, 0.15) is 16.2 Å². The lowest BCUT2D eigenvalue weighted by Crippen LogP contribution is -2.11. The van der Waals surface area contributed by atoms with Crippen LogP contribution in [0.1, 0.15) is 25.7 Å². The number of hydrogen-bond donors (Lipinski definition) is 3. The van der Waals surface area contributed by atoms with Gasteiger partial charge in [0.05, 0.1) is 5.69 Å². The van der Waals surface area contributed by atoms with Crippen LogP contribution in [-0.4, -0.2) is 31.7 Å². The standard InChI is InChI=1S/C11H9N3O4S/c1-5-9(19-14-13-5)10(16)12-6-2-3-7(11(17)18)8(15)4-6/h2-4,15H,1H3,(H,12,16)(H,17,18). The number of carboxylic acid groups (broad SMARTS) is 1. The van der Waals surface area contributed by atoms with E-state index in [2.05, 4.69) is 14.9 Å². The van der Waals surface area contributed by atoms with Crippen LogP contribution in [0.4, 0.5) is 5.69 Å². The number of nitrogens with one attached hydrogen (secondary N) is 1. The second-order valence-corrected chi connectivity index (χ2v) is 4.43. The van der Waals surface area contributed by atoms with Crippen molar-refractivity contribution in [2.45, 2.75) is 6.92 Å². The SMILES string of the molecule is Cc1nnsc1C(=O)Nc1ccc(C(=O)O)c(O)c1. The highest BCUT2D eigenvalue weighted by atomic mass is 32.1. The Balaban J connectivity index is 2.21. The molecule has 0 aliphatic carbocycles. The van der Waals surface area contributed by atoms with E-state index in [9.17, 15) is 14.7 Å². The Morgan fingerprint density at radius 1 is 1.37 bits per heavy atom. The van der Waals surface area contributed by atoms with Gasteiger partial charge in [-0.2, -0.15) is 0 Å². The summed E-state index contributed by atoms with van der Waals surface area (Å²) in [6.07, 6.45) is 0. The summed E-state index contributed by atoms with van der Waals surface area (Å²) >= 11 is 0.959. The fraction of sp³-hybridized carbons (Fsp3) is 0.0909. The lowest BCUT2D eigenvalue weighted by molar-refractivity contribution is 0.0693. The summed E-state index contributed by atoms with van der Waals surface area (Å²) in [5.74, 6) is -2.06. The van der Waals surface area contributed by atoms with E-state index in [1.165, 1.54) is 18.2 Å². The van der Waals surface area contributed by atoms with Crippen LogP contribution in [0.3, 0.4) is 0 Å². The number of aromatic hydroxyl groups is 1. The van der Waals surface area contributed by atoms with Crippen molar-refractivity contribution in [2.24, 2.45) is 0 Å². The highest BCUT2D eigenvalue weighted by Gasteiger charge is 2.15. The number of carbonyl (C=O) groups excluding carboxylic acids is 1. The number of amides is 1. The van der Waals surface area contributed by atoms with Gasteiger partial charge in [-0.15, -0.1) is 5.10 Å². The van der Waals surface area contributed by atoms with Crippen LogP contribution in [-0.2, 0) is 0 Å². The molecule has 19 heavy (non-hydrogen) atoms. The maximum Gasteiger partial charge on any atom is 0.339 e. The molecule has 0 saturated heterocycles. The number of hydrogen-bond acceptors (Lipinski definition) is 6. The first-order valence-corrected chi connectivity index (χ1v) is 5.93. The van der Waals surface area contributed by atoms with Gasteiger partial charge in [0, 0.05) is 11.8 Å². The third-order valence-corrected chi connectivity index (χ3v) is 3.17. The first-order chi connectivity index (χ1) is 8.99. The molecule has 0 aliphatic heterocycles. The zero-order valence-electron chi connectivity index (χ0n) is 9.75. The molecule has 2 aromatic rings. The van der Waals surface area contributed by atoms with E-state index in [1.807, 2.05) is 0 Å². The molecule has 98 valence electrons. The quantitative estimate of drug-likeness (QED) is 0.784. The van der Waals surface area contributed by atoms with Crippen molar-refractivity contribution < 1.29 is 19.8 Å². The molecule has 0 unspecified atom stereocenters. The molecule has 8 heteroatoms. The fourth-order valence-corrected chi connectivity index (χ4v) is 1.97. The lowest BCUT2D eigenvalue weighted by Gasteiger charge is -2.05. The average Bonchev–Trinajstić information content (AvgIpc) is 2.75. The number of anilines is 1. The second-order valence-electron chi connectivity index (χ2n) is 3.68. The monoisotopic (exact) mass is 279 g/mol. The number of aromatic nitrogens is 2. The molecular weight excluding hydrogens is 270 g/mol. The van der Waals surface area contributed by atoms with Crippen molar-refractivity contribution in [3.63, 3.8) is 0 Å². The van der Waals surface area contributed by atoms with E-state index in [1.54, 1.807) is 6.92 Å². The highest BCUT2D eigenvalue weighted by Crippen LogP contribution is 2.23. The molecule has 3 N–H and O–H groups in total. The van der Waals surface area contributed by atoms with E-state index in [0.717, 1.165) is 11.5 Å². The Bertz CT molecular complexity index is 653. The molecule has 1 amide bonds. The van der Waals surface area contributed by atoms with Crippen LogP contribution in [0.25, 0.3) is 0 Å². The van der Waals surface area contributed by atoms with E-state index in [4.69, 9.17) is 5.11 Å². The van der Waals surface area contributed by atoms with Crippen LogP contribution in [0.5, 0.6) is 5.75 Å². The van der Waals surface area contributed by atoms with Crippen molar-refractivity contribution in [2.75, 3.05) is 5.32 Å². The predicted molar refractivity (Wildman–Crippen MR) is 67.7 cm³/mol. The van der Waals surface area contributed by atoms with Crippen LogP contribution in [0.2, 0.25) is 0 Å². The van der Waals surface area contributed by atoms with E-state index >= 15 is 0 Å². The topological polar surface area (TPSA) is 112 Å². The van der Waals surface area contributed by atoms with Crippen LogP contribution >= 0.6 is 11.5 Å². The van der Waals surface area contributed by atoms with Gasteiger partial charge < -0.3 is 15.5 Å². The summed E-state index contributed by atoms with van der Waals surface area (Å²) in [6.45, 7) is 1.66. The zero-order chi connectivity index (χ0) is 14.0. The minimum Gasteiger partial charge on any atom is -0.507 e. The Morgan fingerprint density at radius 3 is 2.63 bits per heavy atom. The molecular formula is C11H9N3O4S. The summed E-state index contributed by atoms with van der Waals surface area (Å²) < 4.78 is 3.64. The van der Waals surface area contributed by atoms with Gasteiger partial charge in [-0.05, 0) is 30.6 Å². The first kappa shape index (κ1) is 13.0. The summed E-state index contributed by atoms with van der Waals surface area (Å²) in [5.41, 5.74) is 0.572. The maximum atomic E-state index is 11.8. The maximum absolute atomic E-state index is 11.8. The van der Waals surface area contributed by atoms with Gasteiger partial charge >= 0.3 is 5.97 Å². The lowest BCUT2D eigenvalue weighted by atomic mass is 10.2. The summed E-state index contributed by atoms with van der Waals surface area (Å²) in [6, 6.07) is 3.78. The molecule has 0 fully saturated rings. The predicted octanol–water partition coefficient (Wildman–Crippen LogP) is 1.50. The van der Waals surface area contributed by atoms with Crippen molar-refractivity contribution in [1.82, 2.24) is 9.59 Å². The van der Waals surface area contributed by atoms with Gasteiger partial charge in [0.15, 0.2) is 0 Å². The number of benzene rings is 1. The highest BCUT2D eigenvalue weighted by molar-refractivity contribution is 7.08. The number of rotatable bonds is 3. The summed E-state index contributed by atoms with van der Waals surface area (Å²) in [5, 5.41) is 24.5. The van der Waals surface area contributed by atoms with Gasteiger partial charge in [-0.3, -0.25) is 4.79 Å². The number of carboxylic acids is 1. The number of aryl methyl sites for hydroxylation is 1. The largest absolute Gasteiger partial charge is 0.507 e. The van der Waals surface area contributed by atoms with E-state index in [-0.39, 0.29) is 5.56 Å². The van der Waals surface area contributed by atoms with Crippen molar-refractivity contribution in [1.29, 1.82) is 0 Å². The minimum atomic E-state index is -1.24. The van der Waals surface area contributed by atoms with E-state index in [0.29, 0.717) is 16.3 Å². The minimum absolute atomic E-state index is 0.228. The Morgan fingerprint density at radius 2 is 2.11 bits per heavy atom. The molecule has 2 rings (SSSR count). The summed E-state index contributed by atoms with van der Waals surface area (Å²) in [7, 11) is 0. The van der Waals surface area contributed by atoms with Crippen LogP contribution in [0, 0.1) is 6.92 Å². The Kier molecular flexibility index (Phi) is 3.43. The molecule has 0 saturated carbocycles. The number of carbonyl (C=O) groups is 2. The molecule has 1 heterocycles. The molecule has 0 radical (unpaired) electrons. The number of phenols is 1. The Labute approximate surface area is 111 Å². The van der Waals surface area contributed by atoms with Crippen molar-refractivity contribution in [3.05, 3.63) is 34.3 Å². The van der Waals surface area contributed by atoms with E-state index < -0.39 is 17.6 Å². The van der Waals surface area contributed by atoms with Gasteiger partial charge in [0.25, 0.3) is 5.91 Å². The third kappa shape index (κ3) is 2.68.